The fraction of sp³-hybridized carbons (Fsp3) is 0.0435. The summed E-state index contributed by atoms with van der Waals surface area (Å²) in [6.07, 6.45) is 1.47. The second kappa shape index (κ2) is 10.6. The molecule has 5 nitrogen and oxygen atoms in total. The van der Waals surface area contributed by atoms with Crippen molar-refractivity contribution in [2.24, 2.45) is 5.10 Å². The molecule has 0 saturated heterocycles. The highest BCUT2D eigenvalue weighted by Crippen LogP contribution is 2.35. The van der Waals surface area contributed by atoms with E-state index in [9.17, 15) is 4.79 Å². The summed E-state index contributed by atoms with van der Waals surface area (Å²) in [7, 11) is 0. The predicted molar refractivity (Wildman–Crippen MR) is 142 cm³/mol. The van der Waals surface area contributed by atoms with Crippen LogP contribution in [-0.2, 0) is 6.61 Å². The molecule has 1 heterocycles. The number of nitrogens with zero attached hydrogens (tertiary/aromatic N) is 1. The molecule has 0 aliphatic heterocycles. The maximum absolute atomic E-state index is 12.4. The van der Waals surface area contributed by atoms with Crippen molar-refractivity contribution in [1.82, 2.24) is 5.43 Å². The SMILES string of the molecule is O=C(N/N=C\c1cc(Cl)c(OCc2ccccc2Cl)c(Br)c1)c1cc2cc(Br)cc(Br)c2o1. The second-order valence-corrected chi connectivity index (χ2v) is 10.2. The van der Waals surface area contributed by atoms with Gasteiger partial charge in [0.15, 0.2) is 11.5 Å². The van der Waals surface area contributed by atoms with Gasteiger partial charge in [0.25, 0.3) is 0 Å². The third-order valence-corrected chi connectivity index (χ3v) is 6.78. The third kappa shape index (κ3) is 5.81. The monoisotopic (exact) mass is 672 g/mol. The fourth-order valence-electron chi connectivity index (χ4n) is 2.97. The maximum Gasteiger partial charge on any atom is 0.307 e. The predicted octanol–water partition coefficient (Wildman–Crippen LogP) is 8.37. The van der Waals surface area contributed by atoms with Gasteiger partial charge in [0, 0.05) is 20.4 Å². The summed E-state index contributed by atoms with van der Waals surface area (Å²) < 4.78 is 13.7. The molecule has 168 valence electrons. The first-order valence-electron chi connectivity index (χ1n) is 9.39. The van der Waals surface area contributed by atoms with E-state index in [0.29, 0.717) is 31.4 Å². The molecule has 1 amide bonds. The molecule has 1 N–H and O–H groups in total. The number of amides is 1. The van der Waals surface area contributed by atoms with Gasteiger partial charge in [0.2, 0.25) is 0 Å². The number of ether oxygens (including phenoxy) is 1. The molecule has 0 unspecified atom stereocenters. The highest BCUT2D eigenvalue weighted by atomic mass is 79.9. The normalized spacial score (nSPS) is 11.3. The molecule has 0 bridgehead atoms. The Labute approximate surface area is 224 Å². The van der Waals surface area contributed by atoms with Crippen LogP contribution in [0.25, 0.3) is 11.0 Å². The molecular formula is C23H13Br3Cl2N2O3. The number of carbonyl (C=O) groups excluding carboxylic acids is 1. The summed E-state index contributed by atoms with van der Waals surface area (Å²) >= 11 is 22.9. The van der Waals surface area contributed by atoms with Crippen LogP contribution in [0.3, 0.4) is 0 Å². The van der Waals surface area contributed by atoms with Crippen molar-refractivity contribution in [3.63, 3.8) is 0 Å². The number of fused-ring (bicyclic) bond motifs is 1. The quantitative estimate of drug-likeness (QED) is 0.165. The van der Waals surface area contributed by atoms with Gasteiger partial charge in [-0.2, -0.15) is 5.10 Å². The molecule has 0 fully saturated rings. The summed E-state index contributed by atoms with van der Waals surface area (Å²) in [4.78, 5) is 12.4. The van der Waals surface area contributed by atoms with Crippen molar-refractivity contribution < 1.29 is 13.9 Å². The van der Waals surface area contributed by atoms with Gasteiger partial charge in [-0.25, -0.2) is 5.43 Å². The Morgan fingerprint density at radius 2 is 1.82 bits per heavy atom. The summed E-state index contributed by atoms with van der Waals surface area (Å²) in [5.74, 6) is 0.149. The first-order chi connectivity index (χ1) is 15.8. The van der Waals surface area contributed by atoms with Crippen LogP contribution >= 0.6 is 71.0 Å². The topological polar surface area (TPSA) is 63.8 Å². The Bertz CT molecular complexity index is 1370. The third-order valence-electron chi connectivity index (χ3n) is 4.49. The Morgan fingerprint density at radius 3 is 2.58 bits per heavy atom. The van der Waals surface area contributed by atoms with Gasteiger partial charge in [-0.1, -0.05) is 57.3 Å². The van der Waals surface area contributed by atoms with Crippen molar-refractivity contribution in [2.75, 3.05) is 0 Å². The minimum Gasteiger partial charge on any atom is -0.486 e. The molecule has 10 heteroatoms. The number of hydrazone groups is 1. The molecule has 33 heavy (non-hydrogen) atoms. The van der Waals surface area contributed by atoms with E-state index in [2.05, 4.69) is 58.3 Å². The number of hydrogen-bond donors (Lipinski definition) is 1. The number of furan rings is 1. The van der Waals surface area contributed by atoms with E-state index in [1.165, 1.54) is 6.21 Å². The molecule has 3 aromatic carbocycles. The Kier molecular flexibility index (Phi) is 7.81. The summed E-state index contributed by atoms with van der Waals surface area (Å²) in [5.41, 5.74) is 4.54. The number of hydrogen-bond acceptors (Lipinski definition) is 4. The van der Waals surface area contributed by atoms with Gasteiger partial charge >= 0.3 is 5.91 Å². The lowest BCUT2D eigenvalue weighted by molar-refractivity contribution is 0.0929. The van der Waals surface area contributed by atoms with E-state index in [1.54, 1.807) is 24.3 Å². The lowest BCUT2D eigenvalue weighted by Gasteiger charge is -2.12. The van der Waals surface area contributed by atoms with E-state index < -0.39 is 5.91 Å². The molecule has 0 radical (unpaired) electrons. The lowest BCUT2D eigenvalue weighted by Crippen LogP contribution is -2.16. The van der Waals surface area contributed by atoms with Crippen molar-refractivity contribution in [1.29, 1.82) is 0 Å². The van der Waals surface area contributed by atoms with Crippen LogP contribution in [0.2, 0.25) is 10.0 Å². The van der Waals surface area contributed by atoms with Crippen LogP contribution in [0.5, 0.6) is 5.75 Å². The fourth-order valence-corrected chi connectivity index (χ4v) is 5.48. The van der Waals surface area contributed by atoms with Crippen LogP contribution < -0.4 is 10.2 Å². The Hall–Kier alpha value is -1.84. The number of rotatable bonds is 6. The number of nitrogens with one attached hydrogen (secondary N) is 1. The van der Waals surface area contributed by atoms with Crippen LogP contribution in [0.15, 0.2) is 77.5 Å². The molecule has 1 aromatic heterocycles. The van der Waals surface area contributed by atoms with E-state index in [-0.39, 0.29) is 12.4 Å². The van der Waals surface area contributed by atoms with Crippen molar-refractivity contribution in [2.45, 2.75) is 6.61 Å². The summed E-state index contributed by atoms with van der Waals surface area (Å²) in [6.45, 7) is 0.270. The first-order valence-corrected chi connectivity index (χ1v) is 12.5. The molecule has 0 saturated carbocycles. The highest BCUT2D eigenvalue weighted by molar-refractivity contribution is 9.11. The van der Waals surface area contributed by atoms with E-state index >= 15 is 0 Å². The zero-order chi connectivity index (χ0) is 23.5. The number of halogens is 5. The molecule has 0 aliphatic rings. The summed E-state index contributed by atoms with van der Waals surface area (Å²) in [6, 6.07) is 16.2. The molecule has 4 rings (SSSR count). The second-order valence-electron chi connectivity index (χ2n) is 6.81. The van der Waals surface area contributed by atoms with E-state index in [4.69, 9.17) is 32.4 Å². The van der Waals surface area contributed by atoms with Crippen molar-refractivity contribution in [3.8, 4) is 5.75 Å². The Balaban J connectivity index is 1.43. The van der Waals surface area contributed by atoms with Crippen LogP contribution in [-0.4, -0.2) is 12.1 Å². The van der Waals surface area contributed by atoms with Crippen molar-refractivity contribution in [3.05, 3.63) is 94.9 Å². The zero-order valence-corrected chi connectivity index (χ0v) is 22.8. The van der Waals surface area contributed by atoms with Gasteiger partial charge < -0.3 is 9.15 Å². The highest BCUT2D eigenvalue weighted by Gasteiger charge is 2.14. The van der Waals surface area contributed by atoms with Gasteiger partial charge in [-0.05, 0) is 73.8 Å². The van der Waals surface area contributed by atoms with E-state index in [0.717, 1.165) is 19.9 Å². The zero-order valence-electron chi connectivity index (χ0n) is 16.5. The van der Waals surface area contributed by atoms with E-state index in [1.807, 2.05) is 30.3 Å². The molecule has 0 aliphatic carbocycles. The Morgan fingerprint density at radius 1 is 1.03 bits per heavy atom. The molecular weight excluding hydrogens is 663 g/mol. The first kappa shape index (κ1) is 24.3. The van der Waals surface area contributed by atoms with Crippen molar-refractivity contribution >= 4 is 94.1 Å². The minimum atomic E-state index is -0.477. The largest absolute Gasteiger partial charge is 0.486 e. The average molecular weight is 676 g/mol. The van der Waals surface area contributed by atoms with Crippen LogP contribution in [0, 0.1) is 0 Å². The number of carbonyl (C=O) groups is 1. The lowest BCUT2D eigenvalue weighted by atomic mass is 10.2. The maximum atomic E-state index is 12.4. The van der Waals surface area contributed by atoms with Crippen LogP contribution in [0.4, 0.5) is 0 Å². The average Bonchev–Trinajstić information content (AvgIpc) is 3.19. The molecule has 4 aromatic rings. The summed E-state index contributed by atoms with van der Waals surface area (Å²) in [5, 5.41) is 5.79. The molecule has 0 spiro atoms. The minimum absolute atomic E-state index is 0.142. The standard InChI is InChI=1S/C23H13Br3Cl2N2O3/c24-15-7-14-8-20(33-21(14)17(26)9-15)23(31)30-29-10-12-5-16(25)22(19(28)6-12)32-11-13-3-1-2-4-18(13)27/h1-10H,11H2,(H,30,31)/b29-10-. The smallest absolute Gasteiger partial charge is 0.307 e. The number of benzene rings is 3. The van der Waals surface area contributed by atoms with Gasteiger partial charge in [-0.15, -0.1) is 0 Å². The van der Waals surface area contributed by atoms with Crippen LogP contribution in [0.1, 0.15) is 21.7 Å². The van der Waals surface area contributed by atoms with Gasteiger partial charge in [0.1, 0.15) is 12.2 Å². The molecule has 0 atom stereocenters. The van der Waals surface area contributed by atoms with Gasteiger partial charge in [0.05, 0.1) is 20.2 Å². The van der Waals surface area contributed by atoms with Gasteiger partial charge in [-0.3, -0.25) is 4.79 Å².